The summed E-state index contributed by atoms with van der Waals surface area (Å²) in [6.45, 7) is 2.48. The van der Waals surface area contributed by atoms with E-state index in [2.05, 4.69) is 10.1 Å². The van der Waals surface area contributed by atoms with E-state index in [0.717, 1.165) is 16.9 Å². The van der Waals surface area contributed by atoms with Crippen molar-refractivity contribution >= 4 is 5.65 Å². The van der Waals surface area contributed by atoms with Crippen molar-refractivity contribution in [2.24, 2.45) is 0 Å². The van der Waals surface area contributed by atoms with Crippen LogP contribution in [0.2, 0.25) is 0 Å². The Morgan fingerprint density at radius 3 is 2.80 bits per heavy atom. The Morgan fingerprint density at radius 2 is 2.00 bits per heavy atom. The molecule has 3 rings (SSSR count). The van der Waals surface area contributed by atoms with Crippen molar-refractivity contribution in [2.45, 2.75) is 6.92 Å². The molecule has 0 saturated carbocycles. The third-order valence-corrected chi connectivity index (χ3v) is 2.97. The van der Waals surface area contributed by atoms with Crippen LogP contribution < -0.4 is 4.74 Å². The molecule has 0 fully saturated rings. The first-order chi connectivity index (χ1) is 9.88. The second-order valence-electron chi connectivity index (χ2n) is 4.33. The Hall–Kier alpha value is -2.62. The molecule has 1 aromatic carbocycles. The summed E-state index contributed by atoms with van der Waals surface area (Å²) in [6, 6.07) is 13.8. The molecule has 0 saturated heterocycles. The van der Waals surface area contributed by atoms with E-state index in [4.69, 9.17) is 4.74 Å². The van der Waals surface area contributed by atoms with Crippen molar-refractivity contribution < 1.29 is 4.74 Å². The standard InChI is InChI=1S/C16H15N3O/c1-2-3-11-20-16-10-9-15-17-12-14(19(15)18-16)13-7-5-4-6-8-13/h2-10,12H,11H2,1H3/b3-2+. The average molecular weight is 265 g/mol. The highest BCUT2D eigenvalue weighted by molar-refractivity contribution is 5.62. The smallest absolute Gasteiger partial charge is 0.232 e. The fourth-order valence-corrected chi connectivity index (χ4v) is 1.97. The van der Waals surface area contributed by atoms with Gasteiger partial charge in [0.1, 0.15) is 6.61 Å². The van der Waals surface area contributed by atoms with Crippen LogP contribution in [0.1, 0.15) is 6.92 Å². The number of nitrogens with zero attached hydrogens (tertiary/aromatic N) is 3. The van der Waals surface area contributed by atoms with Crippen LogP contribution in [0.3, 0.4) is 0 Å². The second-order valence-corrected chi connectivity index (χ2v) is 4.33. The van der Waals surface area contributed by atoms with Gasteiger partial charge in [0.25, 0.3) is 0 Å². The van der Waals surface area contributed by atoms with Gasteiger partial charge in [-0.05, 0) is 13.0 Å². The molecule has 0 aliphatic rings. The highest BCUT2D eigenvalue weighted by Crippen LogP contribution is 2.20. The summed E-state index contributed by atoms with van der Waals surface area (Å²) >= 11 is 0. The number of aromatic nitrogens is 3. The number of rotatable bonds is 4. The molecule has 3 aromatic rings. The van der Waals surface area contributed by atoms with Gasteiger partial charge in [-0.15, -0.1) is 5.10 Å². The normalized spacial score (nSPS) is 11.2. The van der Waals surface area contributed by atoms with Crippen molar-refractivity contribution in [3.63, 3.8) is 0 Å². The molecule has 0 aliphatic heterocycles. The van der Waals surface area contributed by atoms with E-state index in [9.17, 15) is 0 Å². The molecule has 4 heteroatoms. The minimum Gasteiger partial charge on any atom is -0.472 e. The zero-order valence-electron chi connectivity index (χ0n) is 11.2. The monoisotopic (exact) mass is 265 g/mol. The number of fused-ring (bicyclic) bond motifs is 1. The highest BCUT2D eigenvalue weighted by atomic mass is 16.5. The molecule has 0 unspecified atom stereocenters. The van der Waals surface area contributed by atoms with Gasteiger partial charge in [-0.1, -0.05) is 42.5 Å². The van der Waals surface area contributed by atoms with Gasteiger partial charge in [-0.3, -0.25) is 0 Å². The molecule has 2 aromatic heterocycles. The van der Waals surface area contributed by atoms with Crippen LogP contribution in [0.15, 0.2) is 60.8 Å². The highest BCUT2D eigenvalue weighted by Gasteiger charge is 2.07. The van der Waals surface area contributed by atoms with Crippen LogP contribution in [-0.4, -0.2) is 21.2 Å². The lowest BCUT2D eigenvalue weighted by Crippen LogP contribution is -2.00. The molecular formula is C16H15N3O. The molecular weight excluding hydrogens is 250 g/mol. The van der Waals surface area contributed by atoms with Crippen molar-refractivity contribution in [1.82, 2.24) is 14.6 Å². The van der Waals surface area contributed by atoms with E-state index in [1.165, 1.54) is 0 Å². The molecule has 0 amide bonds. The first kappa shape index (κ1) is 12.4. The quantitative estimate of drug-likeness (QED) is 0.679. The fourth-order valence-electron chi connectivity index (χ4n) is 1.97. The maximum Gasteiger partial charge on any atom is 0.232 e. The van der Waals surface area contributed by atoms with Gasteiger partial charge in [0.2, 0.25) is 5.88 Å². The van der Waals surface area contributed by atoms with Crippen LogP contribution in [0.5, 0.6) is 5.88 Å². The van der Waals surface area contributed by atoms with E-state index in [0.29, 0.717) is 12.5 Å². The molecule has 20 heavy (non-hydrogen) atoms. The van der Waals surface area contributed by atoms with Gasteiger partial charge in [0.05, 0.1) is 11.9 Å². The van der Waals surface area contributed by atoms with Gasteiger partial charge in [0.15, 0.2) is 5.65 Å². The maximum absolute atomic E-state index is 5.57. The first-order valence-electron chi connectivity index (χ1n) is 6.52. The van der Waals surface area contributed by atoms with Crippen LogP contribution in [-0.2, 0) is 0 Å². The largest absolute Gasteiger partial charge is 0.472 e. The summed E-state index contributed by atoms with van der Waals surface area (Å²) in [4.78, 5) is 4.36. The Balaban J connectivity index is 2.00. The van der Waals surface area contributed by atoms with E-state index in [1.807, 2.05) is 67.7 Å². The summed E-state index contributed by atoms with van der Waals surface area (Å²) in [5.41, 5.74) is 2.84. The van der Waals surface area contributed by atoms with Crippen molar-refractivity contribution in [2.75, 3.05) is 6.61 Å². The number of allylic oxidation sites excluding steroid dienone is 1. The zero-order chi connectivity index (χ0) is 13.8. The summed E-state index contributed by atoms with van der Waals surface area (Å²) in [6.07, 6.45) is 5.72. The molecule has 100 valence electrons. The van der Waals surface area contributed by atoms with Crippen LogP contribution in [0.25, 0.3) is 16.9 Å². The van der Waals surface area contributed by atoms with Gasteiger partial charge in [-0.25, -0.2) is 9.50 Å². The lowest BCUT2D eigenvalue weighted by molar-refractivity contribution is 0.342. The van der Waals surface area contributed by atoms with E-state index >= 15 is 0 Å². The number of benzene rings is 1. The second kappa shape index (κ2) is 5.57. The molecule has 4 nitrogen and oxygen atoms in total. The summed E-state index contributed by atoms with van der Waals surface area (Å²) in [7, 11) is 0. The Bertz CT molecular complexity index is 732. The lowest BCUT2D eigenvalue weighted by atomic mass is 10.2. The Morgan fingerprint density at radius 1 is 1.15 bits per heavy atom. The third kappa shape index (κ3) is 2.40. The molecule has 0 N–H and O–H groups in total. The first-order valence-corrected chi connectivity index (χ1v) is 6.52. The van der Waals surface area contributed by atoms with E-state index in [-0.39, 0.29) is 0 Å². The Kier molecular flexibility index (Phi) is 3.46. The van der Waals surface area contributed by atoms with Crippen molar-refractivity contribution in [3.05, 3.63) is 60.8 Å². The molecule has 0 bridgehead atoms. The summed E-state index contributed by atoms with van der Waals surface area (Å²) in [5, 5.41) is 4.48. The Labute approximate surface area is 117 Å². The van der Waals surface area contributed by atoms with Gasteiger partial charge >= 0.3 is 0 Å². The average Bonchev–Trinajstić information content (AvgIpc) is 2.91. The number of hydrogen-bond donors (Lipinski definition) is 0. The van der Waals surface area contributed by atoms with E-state index < -0.39 is 0 Å². The number of ether oxygens (including phenoxy) is 1. The minimum atomic E-state index is 0.518. The molecule has 0 spiro atoms. The van der Waals surface area contributed by atoms with E-state index in [1.54, 1.807) is 4.52 Å². The van der Waals surface area contributed by atoms with Gasteiger partial charge in [-0.2, -0.15) is 0 Å². The molecule has 2 heterocycles. The summed E-state index contributed by atoms with van der Waals surface area (Å²) in [5.74, 6) is 0.589. The van der Waals surface area contributed by atoms with Crippen LogP contribution in [0.4, 0.5) is 0 Å². The van der Waals surface area contributed by atoms with Crippen LogP contribution >= 0.6 is 0 Å². The molecule has 0 radical (unpaired) electrons. The number of imidazole rings is 1. The van der Waals surface area contributed by atoms with Crippen LogP contribution in [0, 0.1) is 0 Å². The lowest BCUT2D eigenvalue weighted by Gasteiger charge is -2.04. The SMILES string of the molecule is C/C=C/COc1ccc2ncc(-c3ccccc3)n2n1. The maximum atomic E-state index is 5.57. The van der Waals surface area contributed by atoms with Gasteiger partial charge in [0, 0.05) is 11.6 Å². The molecule has 0 aliphatic carbocycles. The predicted molar refractivity (Wildman–Crippen MR) is 78.7 cm³/mol. The molecule has 0 atom stereocenters. The topological polar surface area (TPSA) is 39.4 Å². The number of hydrogen-bond acceptors (Lipinski definition) is 3. The van der Waals surface area contributed by atoms with Crippen molar-refractivity contribution in [3.8, 4) is 17.1 Å². The predicted octanol–water partition coefficient (Wildman–Crippen LogP) is 3.35. The summed E-state index contributed by atoms with van der Waals surface area (Å²) < 4.78 is 7.37. The fraction of sp³-hybridized carbons (Fsp3) is 0.125. The van der Waals surface area contributed by atoms with Crippen molar-refractivity contribution in [1.29, 1.82) is 0 Å². The van der Waals surface area contributed by atoms with Gasteiger partial charge < -0.3 is 4.74 Å². The third-order valence-electron chi connectivity index (χ3n) is 2.97. The zero-order valence-corrected chi connectivity index (χ0v) is 11.2. The minimum absolute atomic E-state index is 0.518.